The van der Waals surface area contributed by atoms with Crippen LogP contribution in [0.4, 0.5) is 0 Å². The zero-order valence-corrected chi connectivity index (χ0v) is 9.05. The number of unbranched alkanes of at least 4 members (excludes halogenated alkanes) is 1. The summed E-state index contributed by atoms with van der Waals surface area (Å²) in [5.41, 5.74) is -0.221. The van der Waals surface area contributed by atoms with Crippen LogP contribution >= 0.6 is 0 Å². The third-order valence-electron chi connectivity index (χ3n) is 2.10. The van der Waals surface area contributed by atoms with Crippen LogP contribution in [0.5, 0.6) is 0 Å². The smallest absolute Gasteiger partial charge is 0.201 e. The highest BCUT2D eigenvalue weighted by molar-refractivity contribution is 4.80. The minimum atomic E-state index is -0.543. The highest BCUT2D eigenvalue weighted by Crippen LogP contribution is 2.36. The van der Waals surface area contributed by atoms with Gasteiger partial charge in [-0.05, 0) is 27.2 Å². The van der Waals surface area contributed by atoms with Gasteiger partial charge in [-0.25, -0.2) is 9.78 Å². The van der Waals surface area contributed by atoms with Crippen molar-refractivity contribution < 1.29 is 14.5 Å². The molecule has 0 saturated carbocycles. The van der Waals surface area contributed by atoms with Crippen LogP contribution in [0.3, 0.4) is 0 Å². The Balaban J connectivity index is 2.32. The summed E-state index contributed by atoms with van der Waals surface area (Å²) in [4.78, 5) is 10.3. The topological polar surface area (TPSA) is 27.7 Å². The molecule has 1 atom stereocenters. The molecule has 0 bridgehead atoms. The van der Waals surface area contributed by atoms with Gasteiger partial charge in [-0.1, -0.05) is 13.3 Å². The van der Waals surface area contributed by atoms with Gasteiger partial charge in [0.1, 0.15) is 5.60 Å². The second-order valence-corrected chi connectivity index (χ2v) is 4.44. The minimum absolute atomic E-state index is 0.221. The first-order chi connectivity index (χ1) is 5.97. The maximum atomic E-state index is 5.62. The van der Waals surface area contributed by atoms with Crippen molar-refractivity contribution in [2.75, 3.05) is 6.61 Å². The molecular formula is C10H20O3. The van der Waals surface area contributed by atoms with Crippen LogP contribution in [0.1, 0.15) is 47.0 Å². The molecule has 3 nitrogen and oxygen atoms in total. The van der Waals surface area contributed by atoms with E-state index in [1.807, 2.05) is 20.8 Å². The summed E-state index contributed by atoms with van der Waals surface area (Å²) in [6.07, 6.45) is 2.99. The fraction of sp³-hybridized carbons (Fsp3) is 1.00. The van der Waals surface area contributed by atoms with Gasteiger partial charge >= 0.3 is 0 Å². The number of hydrogen-bond acceptors (Lipinski definition) is 3. The van der Waals surface area contributed by atoms with E-state index in [9.17, 15) is 0 Å². The maximum absolute atomic E-state index is 5.62. The van der Waals surface area contributed by atoms with E-state index in [1.165, 1.54) is 0 Å². The minimum Gasteiger partial charge on any atom is -0.347 e. The van der Waals surface area contributed by atoms with Crippen molar-refractivity contribution in [2.24, 2.45) is 0 Å². The van der Waals surface area contributed by atoms with Crippen LogP contribution in [0.25, 0.3) is 0 Å². The van der Waals surface area contributed by atoms with Gasteiger partial charge in [0.25, 0.3) is 0 Å². The second kappa shape index (κ2) is 3.95. The Morgan fingerprint density at radius 1 is 1.23 bits per heavy atom. The van der Waals surface area contributed by atoms with Gasteiger partial charge in [-0.15, -0.1) is 0 Å². The van der Waals surface area contributed by atoms with Gasteiger partial charge in [0.15, 0.2) is 0 Å². The average Bonchev–Trinajstić information content (AvgIpc) is 2.27. The van der Waals surface area contributed by atoms with Crippen LogP contribution < -0.4 is 0 Å². The van der Waals surface area contributed by atoms with Crippen LogP contribution in [0, 0.1) is 0 Å². The Morgan fingerprint density at radius 3 is 2.38 bits per heavy atom. The van der Waals surface area contributed by atoms with E-state index in [0.717, 1.165) is 25.9 Å². The van der Waals surface area contributed by atoms with Crippen LogP contribution in [-0.4, -0.2) is 18.0 Å². The van der Waals surface area contributed by atoms with E-state index in [-0.39, 0.29) is 5.60 Å². The molecule has 0 aromatic carbocycles. The zero-order valence-electron chi connectivity index (χ0n) is 9.05. The lowest BCUT2D eigenvalue weighted by atomic mass is 10.0. The monoisotopic (exact) mass is 188 g/mol. The number of rotatable bonds is 4. The molecule has 0 N–H and O–H groups in total. The molecule has 1 aliphatic heterocycles. The molecule has 13 heavy (non-hydrogen) atoms. The SMILES string of the molecule is CCCCOC1(C)CC(C)(C)OO1. The molecule has 0 radical (unpaired) electrons. The molecule has 0 aromatic heterocycles. The Morgan fingerprint density at radius 2 is 1.92 bits per heavy atom. The van der Waals surface area contributed by atoms with Crippen molar-refractivity contribution in [3.63, 3.8) is 0 Å². The number of hydrogen-bond donors (Lipinski definition) is 0. The molecular weight excluding hydrogens is 168 g/mol. The first-order valence-corrected chi connectivity index (χ1v) is 4.98. The molecule has 3 heteroatoms. The lowest BCUT2D eigenvalue weighted by molar-refractivity contribution is -0.393. The van der Waals surface area contributed by atoms with E-state index < -0.39 is 5.79 Å². The standard InChI is InChI=1S/C10H20O3/c1-5-6-7-11-10(4)8-9(2,3)12-13-10/h5-8H2,1-4H3. The molecule has 1 rings (SSSR count). The maximum Gasteiger partial charge on any atom is 0.201 e. The highest BCUT2D eigenvalue weighted by Gasteiger charge is 2.44. The fourth-order valence-corrected chi connectivity index (χ4v) is 1.54. The van der Waals surface area contributed by atoms with Gasteiger partial charge in [0.05, 0.1) is 6.61 Å². The molecule has 0 spiro atoms. The quantitative estimate of drug-likeness (QED) is 0.501. The fourth-order valence-electron chi connectivity index (χ4n) is 1.54. The van der Waals surface area contributed by atoms with Crippen molar-refractivity contribution in [2.45, 2.75) is 58.3 Å². The first kappa shape index (κ1) is 11.0. The van der Waals surface area contributed by atoms with Crippen molar-refractivity contribution in [3.8, 4) is 0 Å². The van der Waals surface area contributed by atoms with Crippen molar-refractivity contribution >= 4 is 0 Å². The van der Waals surface area contributed by atoms with Crippen molar-refractivity contribution in [3.05, 3.63) is 0 Å². The second-order valence-electron chi connectivity index (χ2n) is 4.44. The molecule has 1 aliphatic rings. The van der Waals surface area contributed by atoms with Gasteiger partial charge in [0, 0.05) is 6.42 Å². The zero-order chi connectivity index (χ0) is 9.95. The molecule has 1 heterocycles. The lowest BCUT2D eigenvalue weighted by Crippen LogP contribution is -2.29. The summed E-state index contributed by atoms with van der Waals surface area (Å²) in [6, 6.07) is 0. The highest BCUT2D eigenvalue weighted by atomic mass is 17.2. The summed E-state index contributed by atoms with van der Waals surface area (Å²) in [5, 5.41) is 0. The van der Waals surface area contributed by atoms with Crippen molar-refractivity contribution in [1.82, 2.24) is 0 Å². The van der Waals surface area contributed by atoms with E-state index in [1.54, 1.807) is 0 Å². The van der Waals surface area contributed by atoms with Gasteiger partial charge < -0.3 is 4.74 Å². The molecule has 1 saturated heterocycles. The normalized spacial score (nSPS) is 32.3. The predicted molar refractivity (Wildman–Crippen MR) is 50.1 cm³/mol. The van der Waals surface area contributed by atoms with Crippen LogP contribution in [0.15, 0.2) is 0 Å². The Bertz CT molecular complexity index is 168. The third kappa shape index (κ3) is 3.25. The third-order valence-corrected chi connectivity index (χ3v) is 2.10. The molecule has 0 aromatic rings. The Kier molecular flexibility index (Phi) is 3.33. The van der Waals surface area contributed by atoms with E-state index in [4.69, 9.17) is 14.5 Å². The average molecular weight is 188 g/mol. The Hall–Kier alpha value is -0.120. The molecule has 1 unspecified atom stereocenters. The van der Waals surface area contributed by atoms with E-state index >= 15 is 0 Å². The largest absolute Gasteiger partial charge is 0.347 e. The molecule has 0 aliphatic carbocycles. The summed E-state index contributed by atoms with van der Waals surface area (Å²) in [6.45, 7) is 8.81. The van der Waals surface area contributed by atoms with Gasteiger partial charge in [-0.2, -0.15) is 0 Å². The van der Waals surface area contributed by atoms with Crippen molar-refractivity contribution in [1.29, 1.82) is 0 Å². The van der Waals surface area contributed by atoms with E-state index in [0.29, 0.717) is 0 Å². The van der Waals surface area contributed by atoms with Gasteiger partial charge in [0.2, 0.25) is 5.79 Å². The lowest BCUT2D eigenvalue weighted by Gasteiger charge is -2.21. The first-order valence-electron chi connectivity index (χ1n) is 4.98. The van der Waals surface area contributed by atoms with Gasteiger partial charge in [-0.3, -0.25) is 0 Å². The molecule has 1 fully saturated rings. The summed E-state index contributed by atoms with van der Waals surface area (Å²) in [7, 11) is 0. The number of ether oxygens (including phenoxy) is 1. The van der Waals surface area contributed by atoms with Crippen LogP contribution in [-0.2, 0) is 14.5 Å². The predicted octanol–water partition coefficient (Wildman–Crippen LogP) is 2.65. The summed E-state index contributed by atoms with van der Waals surface area (Å²) >= 11 is 0. The molecule has 0 amide bonds. The van der Waals surface area contributed by atoms with Crippen LogP contribution in [0.2, 0.25) is 0 Å². The molecule has 78 valence electrons. The Labute approximate surface area is 80.3 Å². The summed E-state index contributed by atoms with van der Waals surface area (Å²) < 4.78 is 5.62. The summed E-state index contributed by atoms with van der Waals surface area (Å²) in [5.74, 6) is -0.543. The van der Waals surface area contributed by atoms with E-state index in [2.05, 4.69) is 6.92 Å².